The van der Waals surface area contributed by atoms with E-state index in [2.05, 4.69) is 27.8 Å². The molecular weight excluding hydrogens is 292 g/mol. The maximum atomic E-state index is 11.1. The summed E-state index contributed by atoms with van der Waals surface area (Å²) in [5.41, 5.74) is 13.4. The quantitative estimate of drug-likeness (QED) is 0.820. The second kappa shape index (κ2) is 7.12. The van der Waals surface area contributed by atoms with Gasteiger partial charge in [-0.15, -0.1) is 0 Å². The van der Waals surface area contributed by atoms with Crippen LogP contribution in [0.3, 0.4) is 0 Å². The van der Waals surface area contributed by atoms with Gasteiger partial charge >= 0.3 is 0 Å². The molecule has 1 amide bonds. The predicted octanol–water partition coefficient (Wildman–Crippen LogP) is 0.676. The summed E-state index contributed by atoms with van der Waals surface area (Å²) in [6.07, 6.45) is 2.61. The number of hydrogen-bond donors (Lipinski definition) is 2. The number of aromatic nitrogens is 1. The lowest BCUT2D eigenvalue weighted by Gasteiger charge is -2.32. The van der Waals surface area contributed by atoms with E-state index >= 15 is 0 Å². The number of fused-ring (bicyclic) bond motifs is 1. The van der Waals surface area contributed by atoms with Gasteiger partial charge in [0.2, 0.25) is 5.91 Å². The van der Waals surface area contributed by atoms with Crippen LogP contribution in [0.25, 0.3) is 10.9 Å². The monoisotopic (exact) mass is 316 g/mol. The van der Waals surface area contributed by atoms with Crippen molar-refractivity contribution in [2.24, 2.45) is 11.5 Å². The summed E-state index contributed by atoms with van der Waals surface area (Å²) < 4.78 is 7.75. The number of ether oxygens (including phenoxy) is 1. The Balaban J connectivity index is 1.81. The largest absolute Gasteiger partial charge is 0.374 e. The van der Waals surface area contributed by atoms with E-state index in [1.807, 2.05) is 12.1 Å². The number of benzene rings is 1. The van der Waals surface area contributed by atoms with Gasteiger partial charge in [-0.3, -0.25) is 9.69 Å². The Labute approximate surface area is 136 Å². The number of nitrogens with zero attached hydrogens (tertiary/aromatic N) is 2. The van der Waals surface area contributed by atoms with Gasteiger partial charge in [-0.05, 0) is 11.6 Å². The number of para-hydroxylation sites is 1. The molecule has 1 aliphatic heterocycles. The number of nitrogens with two attached hydrogens (primary N) is 2. The molecule has 1 unspecified atom stereocenters. The summed E-state index contributed by atoms with van der Waals surface area (Å²) in [7, 11) is 0. The maximum absolute atomic E-state index is 11.1. The highest BCUT2D eigenvalue weighted by Crippen LogP contribution is 2.23. The van der Waals surface area contributed by atoms with Crippen LogP contribution in [0.4, 0.5) is 0 Å². The summed E-state index contributed by atoms with van der Waals surface area (Å²) in [4.78, 5) is 13.5. The van der Waals surface area contributed by atoms with E-state index in [9.17, 15) is 4.79 Å². The zero-order chi connectivity index (χ0) is 16.2. The average molecular weight is 316 g/mol. The number of primary amides is 1. The second-order valence-corrected chi connectivity index (χ2v) is 6.04. The highest BCUT2D eigenvalue weighted by molar-refractivity contribution is 5.84. The molecule has 1 saturated heterocycles. The Morgan fingerprint density at radius 1 is 1.35 bits per heavy atom. The molecule has 1 aromatic carbocycles. The van der Waals surface area contributed by atoms with Crippen LogP contribution in [0.2, 0.25) is 0 Å². The van der Waals surface area contributed by atoms with E-state index in [-0.39, 0.29) is 12.0 Å². The summed E-state index contributed by atoms with van der Waals surface area (Å²) in [5, 5.41) is 1.23. The number of morpholine rings is 1. The molecule has 4 N–H and O–H groups in total. The van der Waals surface area contributed by atoms with Crippen LogP contribution in [-0.2, 0) is 22.6 Å². The number of rotatable bonds is 6. The van der Waals surface area contributed by atoms with Gasteiger partial charge in [-0.2, -0.15) is 0 Å². The molecule has 1 fully saturated rings. The Kier molecular flexibility index (Phi) is 4.95. The zero-order valence-electron chi connectivity index (χ0n) is 13.3. The number of aryl methyl sites for hydroxylation is 1. The van der Waals surface area contributed by atoms with E-state index in [1.165, 1.54) is 10.9 Å². The van der Waals surface area contributed by atoms with Crippen molar-refractivity contribution in [3.8, 4) is 0 Å². The number of amides is 1. The molecule has 23 heavy (non-hydrogen) atoms. The lowest BCUT2D eigenvalue weighted by atomic mass is 10.1. The third-order valence-corrected chi connectivity index (χ3v) is 4.35. The zero-order valence-corrected chi connectivity index (χ0v) is 13.3. The van der Waals surface area contributed by atoms with E-state index in [4.69, 9.17) is 16.2 Å². The Bertz CT molecular complexity index is 682. The van der Waals surface area contributed by atoms with Crippen molar-refractivity contribution in [2.75, 3.05) is 26.2 Å². The van der Waals surface area contributed by atoms with Crippen molar-refractivity contribution in [1.82, 2.24) is 9.47 Å². The molecule has 1 atom stereocenters. The van der Waals surface area contributed by atoms with Crippen LogP contribution in [0.1, 0.15) is 12.0 Å². The number of hydrogen-bond acceptors (Lipinski definition) is 4. The maximum Gasteiger partial charge on any atom is 0.219 e. The van der Waals surface area contributed by atoms with E-state index < -0.39 is 0 Å². The third kappa shape index (κ3) is 3.72. The van der Waals surface area contributed by atoms with Gasteiger partial charge in [0.1, 0.15) is 0 Å². The molecule has 0 radical (unpaired) electrons. The number of carbonyl (C=O) groups excluding carboxylic acids is 1. The summed E-state index contributed by atoms with van der Waals surface area (Å²) in [6.45, 7) is 4.53. The van der Waals surface area contributed by atoms with Crippen molar-refractivity contribution in [1.29, 1.82) is 0 Å². The summed E-state index contributed by atoms with van der Waals surface area (Å²) in [6, 6.07) is 8.28. The normalized spacial score (nSPS) is 19.3. The van der Waals surface area contributed by atoms with Gasteiger partial charge in [0.25, 0.3) is 0 Å². The van der Waals surface area contributed by atoms with Gasteiger partial charge in [0.05, 0.1) is 12.7 Å². The second-order valence-electron chi connectivity index (χ2n) is 6.04. The van der Waals surface area contributed by atoms with E-state index in [1.54, 1.807) is 0 Å². The van der Waals surface area contributed by atoms with Gasteiger partial charge in [-0.1, -0.05) is 18.2 Å². The smallest absolute Gasteiger partial charge is 0.219 e. The van der Waals surface area contributed by atoms with Crippen LogP contribution in [0, 0.1) is 0 Å². The van der Waals surface area contributed by atoms with Crippen LogP contribution in [-0.4, -0.2) is 47.7 Å². The molecule has 0 bridgehead atoms. The van der Waals surface area contributed by atoms with Gasteiger partial charge < -0.3 is 20.8 Å². The molecule has 124 valence electrons. The topological polar surface area (TPSA) is 86.5 Å². The fourth-order valence-corrected chi connectivity index (χ4v) is 3.17. The molecule has 2 heterocycles. The van der Waals surface area contributed by atoms with E-state index in [0.717, 1.165) is 31.8 Å². The van der Waals surface area contributed by atoms with Crippen molar-refractivity contribution in [3.05, 3.63) is 36.0 Å². The first-order valence-corrected chi connectivity index (χ1v) is 8.06. The molecule has 0 aliphatic carbocycles. The molecule has 1 aromatic heterocycles. The molecule has 0 spiro atoms. The highest BCUT2D eigenvalue weighted by Gasteiger charge is 2.20. The Morgan fingerprint density at radius 2 is 2.17 bits per heavy atom. The SMILES string of the molecule is NCC1CN(Cc2cn(CCC(N)=O)c3ccccc23)CCO1. The van der Waals surface area contributed by atoms with Crippen molar-refractivity contribution in [3.63, 3.8) is 0 Å². The molecule has 2 aromatic rings. The molecule has 1 aliphatic rings. The van der Waals surface area contributed by atoms with Crippen LogP contribution in [0.15, 0.2) is 30.5 Å². The van der Waals surface area contributed by atoms with Gasteiger partial charge in [0, 0.05) is 56.2 Å². The lowest BCUT2D eigenvalue weighted by molar-refractivity contribution is -0.118. The fourth-order valence-electron chi connectivity index (χ4n) is 3.17. The van der Waals surface area contributed by atoms with Crippen molar-refractivity contribution < 1.29 is 9.53 Å². The Hall–Kier alpha value is -1.89. The van der Waals surface area contributed by atoms with Gasteiger partial charge in [-0.25, -0.2) is 0 Å². The molecule has 3 rings (SSSR count). The third-order valence-electron chi connectivity index (χ3n) is 4.35. The first kappa shape index (κ1) is 16.0. The van der Waals surface area contributed by atoms with Crippen LogP contribution >= 0.6 is 0 Å². The molecule has 0 saturated carbocycles. The minimum absolute atomic E-state index is 0.118. The molecular formula is C17H24N4O2. The van der Waals surface area contributed by atoms with E-state index in [0.29, 0.717) is 19.5 Å². The first-order chi connectivity index (χ1) is 11.2. The highest BCUT2D eigenvalue weighted by atomic mass is 16.5. The summed E-state index contributed by atoms with van der Waals surface area (Å²) >= 11 is 0. The minimum atomic E-state index is -0.275. The minimum Gasteiger partial charge on any atom is -0.374 e. The molecule has 6 heteroatoms. The lowest BCUT2D eigenvalue weighted by Crippen LogP contribution is -2.45. The molecule has 6 nitrogen and oxygen atoms in total. The number of carbonyl (C=O) groups is 1. The van der Waals surface area contributed by atoms with Crippen LogP contribution in [0.5, 0.6) is 0 Å². The Morgan fingerprint density at radius 3 is 2.96 bits per heavy atom. The average Bonchev–Trinajstić information content (AvgIpc) is 2.91. The van der Waals surface area contributed by atoms with Crippen molar-refractivity contribution >= 4 is 16.8 Å². The summed E-state index contributed by atoms with van der Waals surface area (Å²) in [5.74, 6) is -0.275. The van der Waals surface area contributed by atoms with Gasteiger partial charge in [0.15, 0.2) is 0 Å². The predicted molar refractivity (Wildman–Crippen MR) is 89.8 cm³/mol. The fraction of sp³-hybridized carbons (Fsp3) is 0.471. The van der Waals surface area contributed by atoms with Crippen LogP contribution < -0.4 is 11.5 Å². The first-order valence-electron chi connectivity index (χ1n) is 8.06. The van der Waals surface area contributed by atoms with Crippen molar-refractivity contribution in [2.45, 2.75) is 25.6 Å². The standard InChI is InChI=1S/C17H24N4O2/c18-9-14-12-20(7-8-23-14)10-13-11-21(6-5-17(19)22)16-4-2-1-3-15(13)16/h1-4,11,14H,5-10,12,18H2,(H2,19,22).